The maximum Gasteiger partial charge on any atom is 0.0195 e. The SMILES string of the molecule is CCC(CNC)CNC1CCCN(C)C1. The molecule has 1 saturated heterocycles. The van der Waals surface area contributed by atoms with E-state index in [1.165, 1.54) is 32.4 Å². The van der Waals surface area contributed by atoms with Gasteiger partial charge in [-0.25, -0.2) is 0 Å². The Bertz CT molecular complexity index is 161. The molecule has 1 fully saturated rings. The van der Waals surface area contributed by atoms with E-state index >= 15 is 0 Å². The number of likely N-dealkylation sites (tertiary alicyclic amines) is 1. The lowest BCUT2D eigenvalue weighted by Crippen LogP contribution is -2.46. The predicted molar refractivity (Wildman–Crippen MR) is 66.2 cm³/mol. The number of hydrogen-bond donors (Lipinski definition) is 2. The lowest BCUT2D eigenvalue weighted by Gasteiger charge is -2.31. The van der Waals surface area contributed by atoms with Gasteiger partial charge < -0.3 is 15.5 Å². The van der Waals surface area contributed by atoms with E-state index in [4.69, 9.17) is 0 Å². The first kappa shape index (κ1) is 12.9. The third-order valence-electron chi connectivity index (χ3n) is 3.39. The average Bonchev–Trinajstić information content (AvgIpc) is 2.24. The smallest absolute Gasteiger partial charge is 0.0195 e. The van der Waals surface area contributed by atoms with Crippen molar-refractivity contribution in [3.05, 3.63) is 0 Å². The van der Waals surface area contributed by atoms with Crippen LogP contribution in [-0.4, -0.2) is 51.2 Å². The van der Waals surface area contributed by atoms with Gasteiger partial charge in [-0.2, -0.15) is 0 Å². The van der Waals surface area contributed by atoms with Gasteiger partial charge in [0, 0.05) is 12.6 Å². The van der Waals surface area contributed by atoms with Crippen LogP contribution in [0.15, 0.2) is 0 Å². The zero-order chi connectivity index (χ0) is 11.1. The third kappa shape index (κ3) is 4.96. The second-order valence-corrected chi connectivity index (χ2v) is 4.84. The molecule has 0 aromatic carbocycles. The Morgan fingerprint density at radius 1 is 1.40 bits per heavy atom. The van der Waals surface area contributed by atoms with Gasteiger partial charge in [0.25, 0.3) is 0 Å². The van der Waals surface area contributed by atoms with Gasteiger partial charge in [-0.05, 0) is 52.5 Å². The van der Waals surface area contributed by atoms with Crippen molar-refractivity contribution in [3.63, 3.8) is 0 Å². The number of rotatable bonds is 6. The van der Waals surface area contributed by atoms with Crippen LogP contribution in [0.4, 0.5) is 0 Å². The molecule has 90 valence electrons. The third-order valence-corrected chi connectivity index (χ3v) is 3.39. The van der Waals surface area contributed by atoms with Crippen molar-refractivity contribution in [2.75, 3.05) is 40.3 Å². The van der Waals surface area contributed by atoms with Crippen molar-refractivity contribution >= 4 is 0 Å². The fourth-order valence-electron chi connectivity index (χ4n) is 2.32. The highest BCUT2D eigenvalue weighted by Gasteiger charge is 2.17. The molecule has 2 atom stereocenters. The van der Waals surface area contributed by atoms with Crippen molar-refractivity contribution in [1.82, 2.24) is 15.5 Å². The van der Waals surface area contributed by atoms with Gasteiger partial charge in [0.15, 0.2) is 0 Å². The lowest BCUT2D eigenvalue weighted by atomic mass is 10.0. The Hall–Kier alpha value is -0.120. The van der Waals surface area contributed by atoms with Crippen LogP contribution in [0.25, 0.3) is 0 Å². The van der Waals surface area contributed by atoms with E-state index in [9.17, 15) is 0 Å². The van der Waals surface area contributed by atoms with Crippen molar-refractivity contribution in [3.8, 4) is 0 Å². The Kier molecular flexibility index (Phi) is 6.22. The van der Waals surface area contributed by atoms with Crippen LogP contribution in [0.3, 0.4) is 0 Å². The molecule has 0 amide bonds. The molecule has 2 unspecified atom stereocenters. The van der Waals surface area contributed by atoms with Crippen LogP contribution in [0.1, 0.15) is 26.2 Å². The topological polar surface area (TPSA) is 27.3 Å². The van der Waals surface area contributed by atoms with Gasteiger partial charge in [0.1, 0.15) is 0 Å². The van der Waals surface area contributed by atoms with Crippen LogP contribution in [0.5, 0.6) is 0 Å². The van der Waals surface area contributed by atoms with E-state index in [1.54, 1.807) is 0 Å². The molecule has 1 aliphatic heterocycles. The Morgan fingerprint density at radius 3 is 2.80 bits per heavy atom. The minimum Gasteiger partial charge on any atom is -0.319 e. The van der Waals surface area contributed by atoms with Gasteiger partial charge in [0.05, 0.1) is 0 Å². The quantitative estimate of drug-likeness (QED) is 0.687. The summed E-state index contributed by atoms with van der Waals surface area (Å²) in [7, 11) is 4.26. The van der Waals surface area contributed by atoms with E-state index in [1.807, 2.05) is 7.05 Å². The minimum atomic E-state index is 0.717. The first-order valence-corrected chi connectivity index (χ1v) is 6.32. The van der Waals surface area contributed by atoms with Gasteiger partial charge in [-0.1, -0.05) is 13.3 Å². The Balaban J connectivity index is 2.16. The lowest BCUT2D eigenvalue weighted by molar-refractivity contribution is 0.221. The van der Waals surface area contributed by atoms with E-state index in [0.29, 0.717) is 0 Å². The van der Waals surface area contributed by atoms with E-state index < -0.39 is 0 Å². The van der Waals surface area contributed by atoms with Crippen LogP contribution < -0.4 is 10.6 Å². The molecule has 0 aromatic heterocycles. The van der Waals surface area contributed by atoms with Gasteiger partial charge in [-0.15, -0.1) is 0 Å². The zero-order valence-electron chi connectivity index (χ0n) is 10.6. The normalized spacial score (nSPS) is 25.4. The van der Waals surface area contributed by atoms with Gasteiger partial charge in [-0.3, -0.25) is 0 Å². The molecule has 1 rings (SSSR count). The van der Waals surface area contributed by atoms with E-state index in [-0.39, 0.29) is 0 Å². The molecule has 0 spiro atoms. The first-order chi connectivity index (χ1) is 7.26. The highest BCUT2D eigenvalue weighted by atomic mass is 15.1. The molecule has 3 nitrogen and oxygen atoms in total. The monoisotopic (exact) mass is 213 g/mol. The summed E-state index contributed by atoms with van der Waals surface area (Å²) in [6.45, 7) is 7.06. The fraction of sp³-hybridized carbons (Fsp3) is 1.00. The van der Waals surface area contributed by atoms with Crippen molar-refractivity contribution in [2.24, 2.45) is 5.92 Å². The maximum atomic E-state index is 3.71. The fourth-order valence-corrected chi connectivity index (χ4v) is 2.32. The number of nitrogens with one attached hydrogen (secondary N) is 2. The molecule has 0 aliphatic carbocycles. The molecule has 15 heavy (non-hydrogen) atoms. The second kappa shape index (κ2) is 7.20. The Labute approximate surface area is 94.6 Å². The van der Waals surface area contributed by atoms with Crippen LogP contribution in [-0.2, 0) is 0 Å². The summed E-state index contributed by atoms with van der Waals surface area (Å²) in [5.74, 6) is 0.780. The predicted octanol–water partition coefficient (Wildman–Crippen LogP) is 0.916. The molecule has 0 radical (unpaired) electrons. The average molecular weight is 213 g/mol. The number of nitrogens with zero attached hydrogens (tertiary/aromatic N) is 1. The van der Waals surface area contributed by atoms with E-state index in [0.717, 1.165) is 25.0 Å². The maximum absolute atomic E-state index is 3.71. The highest BCUT2D eigenvalue weighted by molar-refractivity contribution is 4.77. The molecule has 2 N–H and O–H groups in total. The Morgan fingerprint density at radius 2 is 2.20 bits per heavy atom. The number of likely N-dealkylation sites (N-methyl/N-ethyl adjacent to an activating group) is 1. The standard InChI is InChI=1S/C12H27N3/c1-4-11(8-13-2)9-14-12-6-5-7-15(3)10-12/h11-14H,4-10H2,1-3H3. The summed E-state index contributed by atoms with van der Waals surface area (Å²) in [5, 5.41) is 6.97. The zero-order valence-corrected chi connectivity index (χ0v) is 10.6. The molecule has 1 aliphatic rings. The van der Waals surface area contributed by atoms with Gasteiger partial charge >= 0.3 is 0 Å². The molecule has 1 heterocycles. The summed E-state index contributed by atoms with van der Waals surface area (Å²) in [6, 6.07) is 0.717. The van der Waals surface area contributed by atoms with Crippen molar-refractivity contribution in [1.29, 1.82) is 0 Å². The summed E-state index contributed by atoms with van der Waals surface area (Å²) < 4.78 is 0. The molecule has 3 heteroatoms. The van der Waals surface area contributed by atoms with Crippen molar-refractivity contribution < 1.29 is 0 Å². The molecule has 0 bridgehead atoms. The van der Waals surface area contributed by atoms with Crippen LogP contribution in [0, 0.1) is 5.92 Å². The molecule has 0 saturated carbocycles. The highest BCUT2D eigenvalue weighted by Crippen LogP contribution is 2.08. The summed E-state index contributed by atoms with van der Waals surface area (Å²) in [5.41, 5.74) is 0. The minimum absolute atomic E-state index is 0.717. The second-order valence-electron chi connectivity index (χ2n) is 4.84. The van der Waals surface area contributed by atoms with E-state index in [2.05, 4.69) is 29.5 Å². The van der Waals surface area contributed by atoms with Crippen LogP contribution >= 0.6 is 0 Å². The summed E-state index contributed by atoms with van der Waals surface area (Å²) >= 11 is 0. The number of hydrogen-bond acceptors (Lipinski definition) is 3. The summed E-state index contributed by atoms with van der Waals surface area (Å²) in [4.78, 5) is 2.43. The van der Waals surface area contributed by atoms with Crippen LogP contribution in [0.2, 0.25) is 0 Å². The molecular weight excluding hydrogens is 186 g/mol. The largest absolute Gasteiger partial charge is 0.319 e. The molecule has 0 aromatic rings. The first-order valence-electron chi connectivity index (χ1n) is 6.32. The summed E-state index contributed by atoms with van der Waals surface area (Å²) in [6.07, 6.45) is 3.95. The van der Waals surface area contributed by atoms with Gasteiger partial charge in [0.2, 0.25) is 0 Å². The molecular formula is C12H27N3. The number of piperidine rings is 1. The van der Waals surface area contributed by atoms with Crippen molar-refractivity contribution in [2.45, 2.75) is 32.2 Å².